The van der Waals surface area contributed by atoms with E-state index in [2.05, 4.69) is 15.3 Å². The molecular formula is C21H26N4O4S. The maximum absolute atomic E-state index is 12.8. The number of sulfone groups is 1. The Morgan fingerprint density at radius 1 is 1.33 bits per heavy atom. The highest BCUT2D eigenvalue weighted by molar-refractivity contribution is 7.93. The molecule has 3 rings (SSSR count). The van der Waals surface area contributed by atoms with Gasteiger partial charge in [0.2, 0.25) is 0 Å². The van der Waals surface area contributed by atoms with Gasteiger partial charge < -0.3 is 15.0 Å². The fourth-order valence-corrected chi connectivity index (χ4v) is 3.24. The Morgan fingerprint density at radius 3 is 2.63 bits per heavy atom. The third-order valence-electron chi connectivity index (χ3n) is 4.71. The van der Waals surface area contributed by atoms with Crippen molar-refractivity contribution < 1.29 is 17.9 Å². The molecule has 1 amide bonds. The molecule has 9 heteroatoms. The summed E-state index contributed by atoms with van der Waals surface area (Å²) in [7, 11) is -1.41. The van der Waals surface area contributed by atoms with E-state index in [9.17, 15) is 13.2 Å². The van der Waals surface area contributed by atoms with Crippen LogP contribution in [0.1, 0.15) is 30.3 Å². The number of ether oxygens (including phenoxy) is 1. The highest BCUT2D eigenvalue weighted by atomic mass is 32.2. The third kappa shape index (κ3) is 6.03. The molecule has 0 unspecified atom stereocenters. The normalized spacial score (nSPS) is 15.0. The largest absolute Gasteiger partial charge is 0.436 e. The van der Waals surface area contributed by atoms with Crippen LogP contribution in [0.5, 0.6) is 11.6 Å². The molecule has 30 heavy (non-hydrogen) atoms. The molecule has 1 aliphatic rings. The van der Waals surface area contributed by atoms with Crippen molar-refractivity contribution in [2.24, 2.45) is 5.92 Å². The lowest BCUT2D eigenvalue weighted by Gasteiger charge is -2.19. The Hall–Kier alpha value is -2.94. The van der Waals surface area contributed by atoms with E-state index in [4.69, 9.17) is 4.74 Å². The first-order valence-electron chi connectivity index (χ1n) is 9.77. The van der Waals surface area contributed by atoms with Crippen LogP contribution in [0.15, 0.2) is 48.0 Å². The molecule has 1 N–H and O–H groups in total. The zero-order valence-corrected chi connectivity index (χ0v) is 18.1. The van der Waals surface area contributed by atoms with Crippen molar-refractivity contribution in [1.82, 2.24) is 15.3 Å². The molecule has 1 fully saturated rings. The number of anilines is 1. The van der Waals surface area contributed by atoms with E-state index in [0.29, 0.717) is 18.1 Å². The van der Waals surface area contributed by atoms with Crippen molar-refractivity contribution >= 4 is 21.6 Å². The van der Waals surface area contributed by atoms with Gasteiger partial charge in [-0.15, -0.1) is 0 Å². The lowest BCUT2D eigenvalue weighted by atomic mass is 10.2. The van der Waals surface area contributed by atoms with Crippen molar-refractivity contribution in [2.45, 2.75) is 25.8 Å². The monoisotopic (exact) mass is 430 g/mol. The fraction of sp³-hybridized carbons (Fsp3) is 0.381. The first-order valence-corrected chi connectivity index (χ1v) is 11.7. The summed E-state index contributed by atoms with van der Waals surface area (Å²) in [5.74, 6) is 1.13. The molecule has 8 nitrogen and oxygen atoms in total. The highest BCUT2D eigenvalue weighted by Crippen LogP contribution is 2.33. The maximum Gasteiger partial charge on any atom is 0.272 e. The van der Waals surface area contributed by atoms with Gasteiger partial charge in [0.1, 0.15) is 5.75 Å². The third-order valence-corrected chi connectivity index (χ3v) is 5.36. The van der Waals surface area contributed by atoms with Crippen LogP contribution in [0.2, 0.25) is 0 Å². The molecule has 1 aromatic carbocycles. The summed E-state index contributed by atoms with van der Waals surface area (Å²) in [6.07, 6.45) is 5.93. The number of carbonyl (C=O) groups is 1. The molecular weight excluding hydrogens is 404 g/mol. The number of aromatic nitrogens is 2. The van der Waals surface area contributed by atoms with Crippen LogP contribution in [0.25, 0.3) is 0 Å². The lowest BCUT2D eigenvalue weighted by molar-refractivity contribution is 0.0934. The van der Waals surface area contributed by atoms with E-state index in [1.807, 2.05) is 37.1 Å². The number of para-hydroxylation sites is 1. The Bertz CT molecular complexity index is 1020. The predicted molar refractivity (Wildman–Crippen MR) is 115 cm³/mol. The van der Waals surface area contributed by atoms with Gasteiger partial charge in [0.15, 0.2) is 21.3 Å². The minimum atomic E-state index is -3.27. The van der Waals surface area contributed by atoms with Crippen molar-refractivity contribution in [1.29, 1.82) is 0 Å². The van der Waals surface area contributed by atoms with Crippen LogP contribution in [0.3, 0.4) is 0 Å². The lowest BCUT2D eigenvalue weighted by Crippen LogP contribution is -2.35. The van der Waals surface area contributed by atoms with Crippen LogP contribution in [0.4, 0.5) is 5.82 Å². The van der Waals surface area contributed by atoms with Gasteiger partial charge in [0.05, 0.1) is 12.2 Å². The van der Waals surface area contributed by atoms with Crippen molar-refractivity contribution in [3.05, 3.63) is 53.7 Å². The molecule has 2 aromatic rings. The van der Waals surface area contributed by atoms with Gasteiger partial charge in [-0.25, -0.2) is 18.4 Å². The van der Waals surface area contributed by atoms with E-state index < -0.39 is 15.7 Å². The molecule has 0 radical (unpaired) electrons. The Balaban J connectivity index is 1.84. The fourth-order valence-electron chi connectivity index (χ4n) is 2.79. The second kappa shape index (κ2) is 9.25. The quantitative estimate of drug-likeness (QED) is 0.653. The van der Waals surface area contributed by atoms with Gasteiger partial charge >= 0.3 is 0 Å². The summed E-state index contributed by atoms with van der Waals surface area (Å²) < 4.78 is 28.8. The van der Waals surface area contributed by atoms with Gasteiger partial charge in [-0.1, -0.05) is 24.3 Å². The van der Waals surface area contributed by atoms with Gasteiger partial charge in [0.25, 0.3) is 11.8 Å². The minimum absolute atomic E-state index is 0.104. The molecule has 1 atom stereocenters. The van der Waals surface area contributed by atoms with Crippen molar-refractivity contribution in [2.75, 3.05) is 24.7 Å². The van der Waals surface area contributed by atoms with Gasteiger partial charge in [-0.2, -0.15) is 0 Å². The van der Waals surface area contributed by atoms with Gasteiger partial charge in [-0.05, 0) is 37.8 Å². The zero-order chi connectivity index (χ0) is 21.7. The SMILES string of the molecule is CCN(C)c1ncc(C(=O)N[C@H](/C=C/S(C)(=O)=O)C2CC2)nc1Oc1ccccc1. The van der Waals surface area contributed by atoms with Crippen LogP contribution >= 0.6 is 0 Å². The van der Waals surface area contributed by atoms with E-state index in [-0.39, 0.29) is 23.5 Å². The number of rotatable bonds is 9. The average Bonchev–Trinajstić information content (AvgIpc) is 3.55. The topological polar surface area (TPSA) is 101 Å². The summed E-state index contributed by atoms with van der Waals surface area (Å²) in [4.78, 5) is 23.5. The summed E-state index contributed by atoms with van der Waals surface area (Å²) in [6.45, 7) is 2.66. The summed E-state index contributed by atoms with van der Waals surface area (Å²) in [5.41, 5.74) is 0.104. The first kappa shape index (κ1) is 21.8. The van der Waals surface area contributed by atoms with E-state index in [0.717, 1.165) is 24.5 Å². The first-order chi connectivity index (χ1) is 14.3. The molecule has 1 heterocycles. The second-order valence-corrected chi connectivity index (χ2v) is 9.24. The highest BCUT2D eigenvalue weighted by Gasteiger charge is 2.31. The van der Waals surface area contributed by atoms with Crippen molar-refractivity contribution in [3.63, 3.8) is 0 Å². The molecule has 0 aliphatic heterocycles. The number of hydrogen-bond acceptors (Lipinski definition) is 7. The Labute approximate surface area is 176 Å². The number of nitrogens with one attached hydrogen (secondary N) is 1. The molecule has 1 saturated carbocycles. The number of carbonyl (C=O) groups excluding carboxylic acids is 1. The van der Waals surface area contributed by atoms with Gasteiger partial charge in [0, 0.05) is 25.3 Å². The number of hydrogen-bond donors (Lipinski definition) is 1. The minimum Gasteiger partial charge on any atom is -0.436 e. The summed E-state index contributed by atoms with van der Waals surface area (Å²) in [6, 6.07) is 8.79. The van der Waals surface area contributed by atoms with Crippen LogP contribution in [-0.2, 0) is 9.84 Å². The standard InChI is InChI=1S/C21H26N4O4S/c1-4-25(2)19-21(29-16-8-6-5-7-9-16)24-18(14-22-19)20(26)23-17(15-10-11-15)12-13-30(3,27)28/h5-9,12-15,17H,4,10-11H2,1-3H3,(H,23,26)/b13-12+/t17-/m1/s1. The summed E-state index contributed by atoms with van der Waals surface area (Å²) >= 11 is 0. The molecule has 1 aliphatic carbocycles. The van der Waals surface area contributed by atoms with Crippen LogP contribution < -0.4 is 15.0 Å². The second-order valence-electron chi connectivity index (χ2n) is 7.31. The van der Waals surface area contributed by atoms with Gasteiger partial charge in [-0.3, -0.25) is 4.79 Å². The summed E-state index contributed by atoms with van der Waals surface area (Å²) in [5, 5.41) is 3.99. The number of benzene rings is 1. The molecule has 0 saturated heterocycles. The molecule has 0 bridgehead atoms. The maximum atomic E-state index is 12.8. The Kier molecular flexibility index (Phi) is 6.71. The number of nitrogens with zero attached hydrogens (tertiary/aromatic N) is 3. The van der Waals surface area contributed by atoms with E-state index in [1.165, 1.54) is 12.3 Å². The van der Waals surface area contributed by atoms with E-state index >= 15 is 0 Å². The number of amides is 1. The Morgan fingerprint density at radius 2 is 2.03 bits per heavy atom. The average molecular weight is 431 g/mol. The molecule has 0 spiro atoms. The zero-order valence-electron chi connectivity index (χ0n) is 17.3. The van der Waals surface area contributed by atoms with Crippen LogP contribution in [-0.4, -0.2) is 50.2 Å². The molecule has 160 valence electrons. The molecule has 1 aromatic heterocycles. The smallest absolute Gasteiger partial charge is 0.272 e. The van der Waals surface area contributed by atoms with Crippen molar-refractivity contribution in [3.8, 4) is 11.6 Å². The van der Waals surface area contributed by atoms with E-state index in [1.54, 1.807) is 12.1 Å². The predicted octanol–water partition coefficient (Wildman–Crippen LogP) is 2.79. The van der Waals surface area contributed by atoms with Crippen LogP contribution in [0, 0.1) is 5.92 Å².